The highest BCUT2D eigenvalue weighted by molar-refractivity contribution is 7.92. The standard InChI is InChI=1S/C24H25FN2O5S/c1-17-4-3-5-21(14-17)27(33(30,31)24-12-6-19(25)7-13-24)15-22(29)16-32-23-10-8-20(9-11-23)26-18(2)28/h3-14,22,29H,15-16H2,1-2H3,(H,26,28). The lowest BCUT2D eigenvalue weighted by molar-refractivity contribution is -0.114. The van der Waals surface area contributed by atoms with Crippen molar-refractivity contribution in [3.05, 3.63) is 84.2 Å². The molecule has 0 aliphatic rings. The molecule has 3 aromatic carbocycles. The number of amides is 1. The second-order valence-electron chi connectivity index (χ2n) is 7.50. The first-order chi connectivity index (χ1) is 15.6. The SMILES string of the molecule is CC(=O)Nc1ccc(OCC(O)CN(c2cccc(C)c2)S(=O)(=O)c2ccc(F)cc2)cc1. The molecule has 0 saturated heterocycles. The van der Waals surface area contributed by atoms with E-state index in [-0.39, 0.29) is 24.0 Å². The highest BCUT2D eigenvalue weighted by Crippen LogP contribution is 2.25. The van der Waals surface area contributed by atoms with E-state index in [4.69, 9.17) is 4.74 Å². The summed E-state index contributed by atoms with van der Waals surface area (Å²) >= 11 is 0. The molecule has 0 aromatic heterocycles. The van der Waals surface area contributed by atoms with Crippen molar-refractivity contribution >= 4 is 27.3 Å². The zero-order valence-electron chi connectivity index (χ0n) is 18.2. The lowest BCUT2D eigenvalue weighted by Crippen LogP contribution is -2.40. The van der Waals surface area contributed by atoms with Crippen molar-refractivity contribution in [3.8, 4) is 5.75 Å². The van der Waals surface area contributed by atoms with Crippen molar-refractivity contribution in [2.75, 3.05) is 22.8 Å². The van der Waals surface area contributed by atoms with Crippen LogP contribution in [0.4, 0.5) is 15.8 Å². The maximum atomic E-state index is 13.3. The molecule has 0 fully saturated rings. The third-order valence-corrected chi connectivity index (χ3v) is 6.49. The molecule has 0 saturated carbocycles. The Morgan fingerprint density at radius 3 is 2.36 bits per heavy atom. The van der Waals surface area contributed by atoms with Crippen LogP contribution in [0.25, 0.3) is 0 Å². The second-order valence-corrected chi connectivity index (χ2v) is 9.36. The number of halogens is 1. The summed E-state index contributed by atoms with van der Waals surface area (Å²) in [6, 6.07) is 18.0. The maximum Gasteiger partial charge on any atom is 0.264 e. The first-order valence-electron chi connectivity index (χ1n) is 10.2. The van der Waals surface area contributed by atoms with E-state index in [0.29, 0.717) is 17.1 Å². The van der Waals surface area contributed by atoms with Gasteiger partial charge in [-0.2, -0.15) is 0 Å². The van der Waals surface area contributed by atoms with Crippen LogP contribution < -0.4 is 14.4 Å². The molecule has 0 aliphatic heterocycles. The number of nitrogens with one attached hydrogen (secondary N) is 1. The van der Waals surface area contributed by atoms with E-state index < -0.39 is 21.9 Å². The molecule has 0 spiro atoms. The summed E-state index contributed by atoms with van der Waals surface area (Å²) in [5, 5.41) is 13.2. The fourth-order valence-corrected chi connectivity index (χ4v) is 4.63. The Kier molecular flexibility index (Phi) is 7.67. The average Bonchev–Trinajstić information content (AvgIpc) is 2.77. The van der Waals surface area contributed by atoms with Gasteiger partial charge in [-0.15, -0.1) is 0 Å². The molecule has 0 heterocycles. The Morgan fingerprint density at radius 2 is 1.76 bits per heavy atom. The zero-order chi connectivity index (χ0) is 24.0. The molecule has 33 heavy (non-hydrogen) atoms. The van der Waals surface area contributed by atoms with Crippen LogP contribution in [-0.4, -0.2) is 38.7 Å². The molecule has 3 aromatic rings. The summed E-state index contributed by atoms with van der Waals surface area (Å²) in [6.07, 6.45) is -1.16. The van der Waals surface area contributed by atoms with Crippen molar-refractivity contribution in [2.24, 2.45) is 0 Å². The molecular weight excluding hydrogens is 447 g/mol. The molecule has 3 rings (SSSR count). The molecule has 1 atom stereocenters. The van der Waals surface area contributed by atoms with E-state index in [2.05, 4.69) is 5.32 Å². The molecule has 0 aliphatic carbocycles. The summed E-state index contributed by atoms with van der Waals surface area (Å²) < 4.78 is 46.6. The van der Waals surface area contributed by atoms with Crippen LogP contribution in [0.15, 0.2) is 77.7 Å². The van der Waals surface area contributed by atoms with Gasteiger partial charge in [-0.25, -0.2) is 12.8 Å². The molecule has 0 bridgehead atoms. The lowest BCUT2D eigenvalue weighted by Gasteiger charge is -2.27. The number of benzene rings is 3. The Hall–Kier alpha value is -3.43. The first-order valence-corrected chi connectivity index (χ1v) is 11.6. The first kappa shape index (κ1) is 24.2. The van der Waals surface area contributed by atoms with Gasteiger partial charge in [0.1, 0.15) is 24.3 Å². The molecular formula is C24H25FN2O5S. The van der Waals surface area contributed by atoms with Crippen molar-refractivity contribution in [1.29, 1.82) is 0 Å². The van der Waals surface area contributed by atoms with Crippen molar-refractivity contribution in [2.45, 2.75) is 24.8 Å². The van der Waals surface area contributed by atoms with Crippen LogP contribution in [0.2, 0.25) is 0 Å². The van der Waals surface area contributed by atoms with Crippen LogP contribution >= 0.6 is 0 Å². The quantitative estimate of drug-likeness (QED) is 0.495. The number of nitrogens with zero attached hydrogens (tertiary/aromatic N) is 1. The van der Waals surface area contributed by atoms with Gasteiger partial charge in [0.2, 0.25) is 5.91 Å². The summed E-state index contributed by atoms with van der Waals surface area (Å²) in [6.45, 7) is 2.80. The van der Waals surface area contributed by atoms with Crippen LogP contribution in [0.3, 0.4) is 0 Å². The minimum absolute atomic E-state index is 0.0907. The van der Waals surface area contributed by atoms with Gasteiger partial charge in [0.15, 0.2) is 0 Å². The highest BCUT2D eigenvalue weighted by Gasteiger charge is 2.27. The fraction of sp³-hybridized carbons (Fsp3) is 0.208. The molecule has 9 heteroatoms. The molecule has 1 amide bonds. The van der Waals surface area contributed by atoms with E-state index in [1.165, 1.54) is 19.1 Å². The predicted octanol–water partition coefficient (Wildman–Crippen LogP) is 3.73. The lowest BCUT2D eigenvalue weighted by atomic mass is 10.2. The van der Waals surface area contributed by atoms with E-state index in [0.717, 1.165) is 22.0 Å². The van der Waals surface area contributed by atoms with Gasteiger partial charge in [0, 0.05) is 12.6 Å². The number of rotatable bonds is 9. The van der Waals surface area contributed by atoms with E-state index in [9.17, 15) is 22.7 Å². The number of carbonyl (C=O) groups is 1. The van der Waals surface area contributed by atoms with Crippen molar-refractivity contribution in [1.82, 2.24) is 0 Å². The van der Waals surface area contributed by atoms with Crippen LogP contribution in [-0.2, 0) is 14.8 Å². The minimum atomic E-state index is -4.07. The largest absolute Gasteiger partial charge is 0.491 e. The summed E-state index contributed by atoms with van der Waals surface area (Å²) in [5.74, 6) is -0.293. The number of sulfonamides is 1. The monoisotopic (exact) mass is 472 g/mol. The smallest absolute Gasteiger partial charge is 0.264 e. The number of ether oxygens (including phenoxy) is 1. The van der Waals surface area contributed by atoms with Gasteiger partial charge in [-0.1, -0.05) is 12.1 Å². The van der Waals surface area contributed by atoms with E-state index in [1.807, 2.05) is 13.0 Å². The molecule has 0 radical (unpaired) electrons. The Labute approximate surface area is 192 Å². The third-order valence-electron chi connectivity index (χ3n) is 4.68. The molecule has 174 valence electrons. The predicted molar refractivity (Wildman–Crippen MR) is 124 cm³/mol. The molecule has 2 N–H and O–H groups in total. The van der Waals surface area contributed by atoms with Gasteiger partial charge >= 0.3 is 0 Å². The molecule has 1 unspecified atom stereocenters. The maximum absolute atomic E-state index is 13.3. The minimum Gasteiger partial charge on any atom is -0.491 e. The number of anilines is 2. The Bertz CT molecular complexity index is 1200. The summed E-state index contributed by atoms with van der Waals surface area (Å²) in [7, 11) is -4.07. The van der Waals surface area contributed by atoms with Gasteiger partial charge in [-0.05, 0) is 73.2 Å². The normalized spacial score (nSPS) is 12.1. The van der Waals surface area contributed by atoms with Crippen molar-refractivity contribution in [3.63, 3.8) is 0 Å². The van der Waals surface area contributed by atoms with Crippen molar-refractivity contribution < 1.29 is 27.4 Å². The van der Waals surface area contributed by atoms with Gasteiger partial charge in [0.25, 0.3) is 10.0 Å². The second kappa shape index (κ2) is 10.5. The number of aliphatic hydroxyl groups excluding tert-OH is 1. The van der Waals surface area contributed by atoms with Crippen LogP contribution in [0.1, 0.15) is 12.5 Å². The Balaban J connectivity index is 1.77. The number of carbonyl (C=O) groups excluding carboxylic acids is 1. The van der Waals surface area contributed by atoms with Crippen LogP contribution in [0, 0.1) is 12.7 Å². The number of hydrogen-bond donors (Lipinski definition) is 2. The zero-order valence-corrected chi connectivity index (χ0v) is 19.0. The number of hydrogen-bond acceptors (Lipinski definition) is 5. The average molecular weight is 473 g/mol. The number of aryl methyl sites for hydroxylation is 1. The van der Waals surface area contributed by atoms with Gasteiger partial charge < -0.3 is 15.2 Å². The fourth-order valence-electron chi connectivity index (χ4n) is 3.13. The number of aliphatic hydroxyl groups is 1. The Morgan fingerprint density at radius 1 is 1.09 bits per heavy atom. The van der Waals surface area contributed by atoms with E-state index >= 15 is 0 Å². The van der Waals surface area contributed by atoms with Gasteiger partial charge in [0.05, 0.1) is 17.1 Å². The topological polar surface area (TPSA) is 95.9 Å². The van der Waals surface area contributed by atoms with E-state index in [1.54, 1.807) is 42.5 Å². The highest BCUT2D eigenvalue weighted by atomic mass is 32.2. The van der Waals surface area contributed by atoms with Gasteiger partial charge in [-0.3, -0.25) is 9.10 Å². The van der Waals surface area contributed by atoms with Crippen LogP contribution in [0.5, 0.6) is 5.75 Å². The summed E-state index contributed by atoms with van der Waals surface area (Å²) in [5.41, 5.74) is 1.82. The summed E-state index contributed by atoms with van der Waals surface area (Å²) in [4.78, 5) is 11.0. The third kappa shape index (κ3) is 6.53. The molecule has 7 nitrogen and oxygen atoms in total.